The van der Waals surface area contributed by atoms with Gasteiger partial charge in [0.1, 0.15) is 5.75 Å². The fourth-order valence-corrected chi connectivity index (χ4v) is 2.15. The maximum Gasteiger partial charge on any atom is 0.155 e. The molecule has 1 aromatic carbocycles. The Labute approximate surface area is 101 Å². The van der Waals surface area contributed by atoms with Crippen LogP contribution in [0.2, 0.25) is 0 Å². The van der Waals surface area contributed by atoms with Crippen LogP contribution < -0.4 is 4.74 Å². The van der Waals surface area contributed by atoms with E-state index < -0.39 is 0 Å². The number of carbonyl (C=O) groups excluding carboxylic acids is 1. The fraction of sp³-hybridized carbons (Fsp3) is 0.400. The van der Waals surface area contributed by atoms with E-state index in [4.69, 9.17) is 4.74 Å². The van der Waals surface area contributed by atoms with Crippen molar-refractivity contribution in [2.75, 3.05) is 0 Å². The topological polar surface area (TPSA) is 26.3 Å². The molecule has 0 heterocycles. The molecule has 17 heavy (non-hydrogen) atoms. The molecule has 1 fully saturated rings. The van der Waals surface area contributed by atoms with E-state index in [0.29, 0.717) is 12.5 Å². The summed E-state index contributed by atoms with van der Waals surface area (Å²) >= 11 is 0. The van der Waals surface area contributed by atoms with E-state index in [0.717, 1.165) is 24.2 Å². The van der Waals surface area contributed by atoms with Crippen molar-refractivity contribution in [3.8, 4) is 5.75 Å². The molecule has 0 amide bonds. The van der Waals surface area contributed by atoms with E-state index in [2.05, 4.69) is 12.1 Å². The Hall–Kier alpha value is -1.57. The lowest BCUT2D eigenvalue weighted by Crippen LogP contribution is -2.02. The number of allylic oxidation sites excluding steroid dienone is 2. The standard InChI is InChI=1S/C15H16O2/c16-13-3-1-2-12(10-13)11-4-6-14(7-5-11)17-15-8-9-15/h4-7,10,15H,1-3,8-9H2. The van der Waals surface area contributed by atoms with Gasteiger partial charge in [-0.1, -0.05) is 12.1 Å². The van der Waals surface area contributed by atoms with Gasteiger partial charge in [0.05, 0.1) is 6.10 Å². The maximum absolute atomic E-state index is 11.4. The Morgan fingerprint density at radius 1 is 1.06 bits per heavy atom. The van der Waals surface area contributed by atoms with Crippen molar-refractivity contribution in [1.29, 1.82) is 0 Å². The summed E-state index contributed by atoms with van der Waals surface area (Å²) in [6.45, 7) is 0. The first-order valence-corrected chi connectivity index (χ1v) is 6.32. The first-order valence-electron chi connectivity index (χ1n) is 6.32. The molecule has 0 aromatic heterocycles. The first kappa shape index (κ1) is 10.6. The van der Waals surface area contributed by atoms with Gasteiger partial charge >= 0.3 is 0 Å². The molecule has 1 saturated carbocycles. The van der Waals surface area contributed by atoms with E-state index in [9.17, 15) is 4.79 Å². The van der Waals surface area contributed by atoms with E-state index in [1.54, 1.807) is 6.08 Å². The molecule has 0 atom stereocenters. The molecule has 2 aliphatic carbocycles. The number of hydrogen-bond donors (Lipinski definition) is 0. The van der Waals surface area contributed by atoms with E-state index in [1.807, 2.05) is 12.1 Å². The van der Waals surface area contributed by atoms with Crippen molar-refractivity contribution < 1.29 is 9.53 Å². The smallest absolute Gasteiger partial charge is 0.155 e. The quantitative estimate of drug-likeness (QED) is 0.793. The van der Waals surface area contributed by atoms with Gasteiger partial charge in [-0.05, 0) is 55.0 Å². The molecule has 0 aliphatic heterocycles. The van der Waals surface area contributed by atoms with Crippen LogP contribution in [0.1, 0.15) is 37.7 Å². The third-order valence-electron chi connectivity index (χ3n) is 3.26. The van der Waals surface area contributed by atoms with Crippen LogP contribution >= 0.6 is 0 Å². The van der Waals surface area contributed by atoms with Gasteiger partial charge in [0.25, 0.3) is 0 Å². The molecule has 0 radical (unpaired) electrons. The monoisotopic (exact) mass is 228 g/mol. The summed E-state index contributed by atoms with van der Waals surface area (Å²) < 4.78 is 5.70. The second-order valence-electron chi connectivity index (χ2n) is 4.83. The highest BCUT2D eigenvalue weighted by Crippen LogP contribution is 2.29. The molecule has 1 aromatic rings. The van der Waals surface area contributed by atoms with Crippen LogP contribution in [-0.4, -0.2) is 11.9 Å². The second kappa shape index (κ2) is 4.36. The number of carbonyl (C=O) groups is 1. The molecule has 2 heteroatoms. The average Bonchev–Trinajstić information content (AvgIpc) is 3.14. The molecular weight excluding hydrogens is 212 g/mol. The van der Waals surface area contributed by atoms with Crippen LogP contribution in [0.4, 0.5) is 0 Å². The van der Waals surface area contributed by atoms with Gasteiger partial charge in [-0.15, -0.1) is 0 Å². The number of rotatable bonds is 3. The highest BCUT2D eigenvalue weighted by atomic mass is 16.5. The van der Waals surface area contributed by atoms with Crippen molar-refractivity contribution in [2.45, 2.75) is 38.2 Å². The Morgan fingerprint density at radius 2 is 1.82 bits per heavy atom. The lowest BCUT2D eigenvalue weighted by molar-refractivity contribution is -0.114. The fourth-order valence-electron chi connectivity index (χ4n) is 2.15. The largest absolute Gasteiger partial charge is 0.490 e. The normalized spacial score (nSPS) is 20.0. The zero-order chi connectivity index (χ0) is 11.7. The van der Waals surface area contributed by atoms with Crippen LogP contribution in [0, 0.1) is 0 Å². The third-order valence-corrected chi connectivity index (χ3v) is 3.26. The van der Waals surface area contributed by atoms with Crippen LogP contribution in [0.3, 0.4) is 0 Å². The molecule has 0 spiro atoms. The second-order valence-corrected chi connectivity index (χ2v) is 4.83. The van der Waals surface area contributed by atoms with E-state index >= 15 is 0 Å². The number of ketones is 1. The molecule has 0 unspecified atom stereocenters. The minimum Gasteiger partial charge on any atom is -0.490 e. The van der Waals surface area contributed by atoms with Gasteiger partial charge in [-0.3, -0.25) is 4.79 Å². The third kappa shape index (κ3) is 2.57. The lowest BCUT2D eigenvalue weighted by Gasteiger charge is -2.12. The van der Waals surface area contributed by atoms with Crippen LogP contribution in [-0.2, 0) is 4.79 Å². The molecule has 3 rings (SSSR count). The summed E-state index contributed by atoms with van der Waals surface area (Å²) in [6, 6.07) is 8.13. The number of hydrogen-bond acceptors (Lipinski definition) is 2. The summed E-state index contributed by atoms with van der Waals surface area (Å²) in [5, 5.41) is 0. The molecule has 88 valence electrons. The van der Waals surface area contributed by atoms with E-state index in [1.165, 1.54) is 18.4 Å². The van der Waals surface area contributed by atoms with Crippen molar-refractivity contribution in [3.63, 3.8) is 0 Å². The van der Waals surface area contributed by atoms with Gasteiger partial charge in [-0.2, -0.15) is 0 Å². The van der Waals surface area contributed by atoms with E-state index in [-0.39, 0.29) is 5.78 Å². The van der Waals surface area contributed by atoms with Crippen molar-refractivity contribution in [1.82, 2.24) is 0 Å². The Kier molecular flexibility index (Phi) is 2.71. The Morgan fingerprint density at radius 3 is 2.47 bits per heavy atom. The minimum atomic E-state index is 0.254. The van der Waals surface area contributed by atoms with Gasteiger partial charge in [0.2, 0.25) is 0 Å². The molecule has 2 aliphatic rings. The summed E-state index contributed by atoms with van der Waals surface area (Å²) in [6.07, 6.45) is 7.28. The van der Waals surface area contributed by atoms with Crippen molar-refractivity contribution in [2.24, 2.45) is 0 Å². The minimum absolute atomic E-state index is 0.254. The SMILES string of the molecule is O=C1C=C(c2ccc(OC3CC3)cc2)CCC1. The predicted octanol–water partition coefficient (Wildman–Crippen LogP) is 3.36. The number of benzene rings is 1. The average molecular weight is 228 g/mol. The number of ether oxygens (including phenoxy) is 1. The predicted molar refractivity (Wildman–Crippen MR) is 66.9 cm³/mol. The lowest BCUT2D eigenvalue weighted by atomic mass is 9.93. The summed E-state index contributed by atoms with van der Waals surface area (Å²) in [5.74, 6) is 1.20. The van der Waals surface area contributed by atoms with Crippen molar-refractivity contribution in [3.05, 3.63) is 35.9 Å². The summed E-state index contributed by atoms with van der Waals surface area (Å²) in [5.41, 5.74) is 2.32. The van der Waals surface area contributed by atoms with Gasteiger partial charge in [-0.25, -0.2) is 0 Å². The highest BCUT2D eigenvalue weighted by Gasteiger charge is 2.23. The molecular formula is C15H16O2. The van der Waals surface area contributed by atoms with Crippen LogP contribution in [0.15, 0.2) is 30.3 Å². The molecule has 2 nitrogen and oxygen atoms in total. The van der Waals surface area contributed by atoms with Gasteiger partial charge in [0.15, 0.2) is 5.78 Å². The zero-order valence-electron chi connectivity index (χ0n) is 9.82. The maximum atomic E-state index is 11.4. The summed E-state index contributed by atoms with van der Waals surface area (Å²) in [4.78, 5) is 11.4. The van der Waals surface area contributed by atoms with Gasteiger partial charge in [0, 0.05) is 6.42 Å². The molecule has 0 N–H and O–H groups in total. The van der Waals surface area contributed by atoms with Crippen LogP contribution in [0.5, 0.6) is 5.75 Å². The summed E-state index contributed by atoms with van der Waals surface area (Å²) in [7, 11) is 0. The van der Waals surface area contributed by atoms with Crippen molar-refractivity contribution >= 4 is 11.4 Å². The Bertz CT molecular complexity index is 452. The highest BCUT2D eigenvalue weighted by molar-refractivity contribution is 5.98. The zero-order valence-corrected chi connectivity index (χ0v) is 9.82. The first-order chi connectivity index (χ1) is 8.31. The van der Waals surface area contributed by atoms with Gasteiger partial charge < -0.3 is 4.74 Å². The van der Waals surface area contributed by atoms with Crippen LogP contribution in [0.25, 0.3) is 5.57 Å². The molecule has 0 bridgehead atoms. The molecule has 0 saturated heterocycles. The Balaban J connectivity index is 1.76.